The molecule has 18 N–H and O–H groups in total. The maximum atomic E-state index is 14.7. The van der Waals surface area contributed by atoms with Crippen LogP contribution in [0.25, 0.3) is 10.9 Å². The van der Waals surface area contributed by atoms with E-state index in [1.807, 2.05) is 18.7 Å². The highest BCUT2D eigenvalue weighted by Gasteiger charge is 2.36. The fourth-order valence-corrected chi connectivity index (χ4v) is 9.26. The van der Waals surface area contributed by atoms with Crippen LogP contribution < -0.4 is 64.6 Å². The van der Waals surface area contributed by atoms with Crippen molar-refractivity contribution in [3.05, 3.63) is 71.9 Å². The number of amides is 10. The molecule has 10 atom stereocenters. The molecule has 29 heteroatoms. The summed E-state index contributed by atoms with van der Waals surface area (Å²) in [6.45, 7) is 8.97. The van der Waals surface area contributed by atoms with Crippen LogP contribution >= 0.6 is 25.3 Å². The molecule has 0 fully saturated rings. The number of aromatic amines is 1. The molecule has 0 saturated carbocycles. The molecule has 0 spiro atoms. The van der Waals surface area contributed by atoms with E-state index in [1.165, 1.54) is 20.8 Å². The van der Waals surface area contributed by atoms with E-state index in [9.17, 15) is 58.2 Å². The Morgan fingerprint density at radius 3 is 1.67 bits per heavy atom. The fraction of sp³-hybridized carbons (Fsp3) is 0.545. The van der Waals surface area contributed by atoms with Crippen LogP contribution in [-0.2, 0) is 60.8 Å². The number of primary amides is 1. The second-order valence-electron chi connectivity index (χ2n) is 20.0. The predicted octanol–water partition coefficient (Wildman–Crippen LogP) is -2.76. The molecule has 2 aromatic carbocycles. The highest BCUT2D eigenvalue weighted by atomic mass is 32.1. The summed E-state index contributed by atoms with van der Waals surface area (Å²) in [5, 5.41) is 55.4. The third kappa shape index (κ3) is 23.7. The van der Waals surface area contributed by atoms with Gasteiger partial charge in [-0.1, -0.05) is 48.5 Å². The SMILES string of the molecule is CCN(CC)C(=N)NCCCC[C@H](NC(C)=O)C(=O)NCC(=O)N[C@@H](CS)C(=O)N[C@@H](Cc1ccccc1)C(=O)N[C@H](Cc1c[nH]c2ccccc12)C(=O)N[C@@H](CCCCN)C(=O)N[C@H](C(=O)N[C@@H](CS)C(=O)N[C@H](C(N)=O)[C@@H](C)O)[C@@H](C)O. The van der Waals surface area contributed by atoms with Crippen LogP contribution in [0.3, 0.4) is 0 Å². The second kappa shape index (κ2) is 37.0. The van der Waals surface area contributed by atoms with Crippen molar-refractivity contribution in [2.45, 2.75) is 147 Å². The molecule has 0 radical (unpaired) electrons. The number of aromatic nitrogens is 1. The normalized spacial score (nSPS) is 14.6. The van der Waals surface area contributed by atoms with Gasteiger partial charge in [-0.15, -0.1) is 0 Å². The van der Waals surface area contributed by atoms with Crippen molar-refractivity contribution in [3.63, 3.8) is 0 Å². The first-order chi connectivity index (χ1) is 40.0. The molecule has 0 aliphatic rings. The van der Waals surface area contributed by atoms with Gasteiger partial charge >= 0.3 is 0 Å². The Labute approximate surface area is 499 Å². The van der Waals surface area contributed by atoms with Crippen LogP contribution in [0.1, 0.15) is 84.3 Å². The van der Waals surface area contributed by atoms with Crippen molar-refractivity contribution in [3.8, 4) is 0 Å². The van der Waals surface area contributed by atoms with Gasteiger partial charge in [0.05, 0.1) is 18.8 Å². The van der Waals surface area contributed by atoms with Crippen molar-refractivity contribution >= 4 is 101 Å². The van der Waals surface area contributed by atoms with Crippen molar-refractivity contribution in [1.29, 1.82) is 5.41 Å². The maximum absolute atomic E-state index is 14.7. The lowest BCUT2D eigenvalue weighted by Gasteiger charge is -2.28. The Morgan fingerprint density at radius 2 is 1.10 bits per heavy atom. The van der Waals surface area contributed by atoms with Crippen LogP contribution in [0, 0.1) is 5.41 Å². The fourth-order valence-electron chi connectivity index (χ4n) is 8.74. The standard InChI is InChI=1S/C55H85N15O12S2/c1-6-70(7-2)55(58)59-24-16-14-22-38(62-33(5)73)48(76)61-28-44(74)63-42(29-83)52(80)65-40(25-34-17-9-8-10-18-34)50(78)66-41(26-35-27-60-37-20-12-11-19-36(35)37)51(79)64-39(21-13-15-23-56)49(77)69-46(32(4)72)54(82)67-43(30-84)53(81)68-45(31(3)71)47(57)75/h8-12,17-20,27,31-32,38-43,45-46,60,71-72,83-84H,6-7,13-16,21-26,28-30,56H2,1-5H3,(H2,57,75)(H2,58,59)(H,61,76)(H,62,73)(H,63,74)(H,64,79)(H,65,80)(H,66,78)(H,67,82)(H,68,81)(H,69,77)/t31-,32-,38+,39+,40+,41-,42+,43+,45+,46+/m1/s1. The molecule has 84 heavy (non-hydrogen) atoms. The molecule has 1 aromatic heterocycles. The molecule has 0 aliphatic carbocycles. The van der Waals surface area contributed by atoms with Gasteiger partial charge in [0.1, 0.15) is 48.3 Å². The summed E-state index contributed by atoms with van der Waals surface area (Å²) in [4.78, 5) is 140. The summed E-state index contributed by atoms with van der Waals surface area (Å²) in [5.41, 5.74) is 13.0. The van der Waals surface area contributed by atoms with Crippen molar-refractivity contribution < 1.29 is 58.2 Å². The summed E-state index contributed by atoms with van der Waals surface area (Å²) in [7, 11) is 0. The summed E-state index contributed by atoms with van der Waals surface area (Å²) >= 11 is 8.42. The smallest absolute Gasteiger partial charge is 0.245 e. The summed E-state index contributed by atoms with van der Waals surface area (Å²) in [6, 6.07) is 4.49. The zero-order chi connectivity index (χ0) is 62.5. The number of carbonyl (C=O) groups excluding carboxylic acids is 10. The molecular formula is C55H85N15O12S2. The Bertz CT molecular complexity index is 2680. The Balaban J connectivity index is 1.87. The van der Waals surface area contributed by atoms with Gasteiger partial charge in [0.2, 0.25) is 59.1 Å². The minimum Gasteiger partial charge on any atom is -0.391 e. The topological polar surface area (TPSA) is 426 Å². The third-order valence-electron chi connectivity index (χ3n) is 13.4. The van der Waals surface area contributed by atoms with Crippen LogP contribution in [0.2, 0.25) is 0 Å². The number of fused-ring (bicyclic) bond motifs is 1. The van der Waals surface area contributed by atoms with E-state index in [0.29, 0.717) is 60.9 Å². The lowest BCUT2D eigenvalue weighted by molar-refractivity contribution is -0.137. The van der Waals surface area contributed by atoms with Crippen LogP contribution in [0.15, 0.2) is 60.8 Å². The summed E-state index contributed by atoms with van der Waals surface area (Å²) < 4.78 is 0. The highest BCUT2D eigenvalue weighted by Crippen LogP contribution is 2.20. The number of nitrogens with two attached hydrogens (primary N) is 2. The molecule has 0 bridgehead atoms. The Kier molecular flexibility index (Phi) is 31.2. The quantitative estimate of drug-likeness (QED) is 0.0120. The van der Waals surface area contributed by atoms with E-state index in [-0.39, 0.29) is 56.1 Å². The Hall–Kier alpha value is -7.47. The lowest BCUT2D eigenvalue weighted by Crippen LogP contribution is -2.62. The van der Waals surface area contributed by atoms with Gasteiger partial charge in [0, 0.05) is 68.0 Å². The number of hydrogen-bond acceptors (Lipinski definition) is 16. The van der Waals surface area contributed by atoms with Gasteiger partial charge in [-0.25, -0.2) is 0 Å². The Morgan fingerprint density at radius 1 is 0.595 bits per heavy atom. The number of aliphatic hydroxyl groups excluding tert-OH is 2. The van der Waals surface area contributed by atoms with Crippen molar-refractivity contribution in [2.75, 3.05) is 44.2 Å². The summed E-state index contributed by atoms with van der Waals surface area (Å²) in [6.07, 6.45) is 0.356. The van der Waals surface area contributed by atoms with E-state index in [0.717, 1.165) is 0 Å². The minimum absolute atomic E-state index is 0.0433. The number of rotatable bonds is 37. The van der Waals surface area contributed by atoms with E-state index >= 15 is 0 Å². The zero-order valence-electron chi connectivity index (χ0n) is 48.1. The maximum Gasteiger partial charge on any atom is 0.245 e. The predicted molar refractivity (Wildman–Crippen MR) is 322 cm³/mol. The number of benzene rings is 2. The number of hydrogen-bond donors (Lipinski definition) is 18. The van der Waals surface area contributed by atoms with E-state index in [4.69, 9.17) is 16.9 Å². The van der Waals surface area contributed by atoms with Crippen molar-refractivity contribution in [1.82, 2.24) is 63.1 Å². The first kappa shape index (κ1) is 70.8. The second-order valence-corrected chi connectivity index (χ2v) is 20.8. The third-order valence-corrected chi connectivity index (χ3v) is 14.2. The number of thiol groups is 2. The molecule has 27 nitrogen and oxygen atoms in total. The number of guanidine groups is 1. The first-order valence-electron chi connectivity index (χ1n) is 27.9. The van der Waals surface area contributed by atoms with E-state index in [2.05, 4.69) is 83.4 Å². The molecule has 3 aromatic rings. The van der Waals surface area contributed by atoms with E-state index < -0.39 is 126 Å². The average molecular weight is 1210 g/mol. The summed E-state index contributed by atoms with van der Waals surface area (Å²) in [5.74, 6) is -8.78. The average Bonchev–Trinajstić information content (AvgIpc) is 4.07. The zero-order valence-corrected chi connectivity index (χ0v) is 49.9. The minimum atomic E-state index is -1.73. The number of para-hydroxylation sites is 1. The van der Waals surface area contributed by atoms with Gasteiger partial charge in [-0.2, -0.15) is 25.3 Å². The molecule has 3 rings (SSSR count). The highest BCUT2D eigenvalue weighted by molar-refractivity contribution is 7.80. The monoisotopic (exact) mass is 1210 g/mol. The number of carbonyl (C=O) groups is 10. The van der Waals surface area contributed by atoms with Gasteiger partial charge in [0.15, 0.2) is 5.96 Å². The first-order valence-corrected chi connectivity index (χ1v) is 29.1. The lowest BCUT2D eigenvalue weighted by atomic mass is 10.0. The number of H-pyrrole nitrogens is 1. The van der Waals surface area contributed by atoms with Gasteiger partial charge < -0.3 is 84.7 Å². The molecule has 0 aliphatic heterocycles. The van der Waals surface area contributed by atoms with E-state index in [1.54, 1.807) is 60.8 Å². The van der Waals surface area contributed by atoms with Crippen LogP contribution in [0.4, 0.5) is 0 Å². The van der Waals surface area contributed by atoms with Crippen LogP contribution in [-0.4, -0.2) is 190 Å². The molecule has 1 heterocycles. The largest absolute Gasteiger partial charge is 0.391 e. The number of unbranched alkanes of at least 4 members (excludes halogenated alkanes) is 2. The van der Waals surface area contributed by atoms with Crippen molar-refractivity contribution in [2.24, 2.45) is 11.5 Å². The molecule has 464 valence electrons. The molecule has 10 amide bonds. The number of nitrogens with one attached hydrogen (secondary N) is 12. The van der Waals surface area contributed by atoms with Gasteiger partial charge in [0.25, 0.3) is 0 Å². The number of nitrogens with zero attached hydrogens (tertiary/aromatic N) is 1. The molecule has 0 unspecified atom stereocenters. The molecule has 0 saturated heterocycles. The number of aliphatic hydroxyl groups is 2. The van der Waals surface area contributed by atoms with Gasteiger partial charge in [-0.05, 0) is 90.0 Å². The van der Waals surface area contributed by atoms with Crippen LogP contribution in [0.5, 0.6) is 0 Å². The van der Waals surface area contributed by atoms with Gasteiger partial charge in [-0.3, -0.25) is 53.4 Å². The molecular weight excluding hydrogens is 1130 g/mol.